The van der Waals surface area contributed by atoms with Gasteiger partial charge in [0.05, 0.1) is 6.10 Å². The van der Waals surface area contributed by atoms with Gasteiger partial charge in [-0.25, -0.2) is 4.98 Å². The van der Waals surface area contributed by atoms with Crippen LogP contribution in [0.25, 0.3) is 0 Å². The number of nitrogens with zero attached hydrogens (tertiary/aromatic N) is 3. The number of likely N-dealkylation sites (N-methyl/N-ethyl adjacent to an activating group) is 1. The number of hydrogen-bond donors (Lipinski definition) is 2. The fraction of sp³-hybridized carbons (Fsp3) is 0.562. The molecule has 122 valence electrons. The Morgan fingerprint density at radius 2 is 2.30 bits per heavy atom. The summed E-state index contributed by atoms with van der Waals surface area (Å²) in [5, 5.41) is 6.84. The third kappa shape index (κ3) is 2.76. The molecule has 0 unspecified atom stereocenters. The third-order valence-corrected chi connectivity index (χ3v) is 4.81. The Kier molecular flexibility index (Phi) is 3.65. The van der Waals surface area contributed by atoms with Crippen molar-refractivity contribution in [2.24, 2.45) is 0 Å². The Morgan fingerprint density at radius 1 is 1.43 bits per heavy atom. The normalized spacial score (nSPS) is 24.0. The largest absolute Gasteiger partial charge is 0.376 e. The SMILES string of the molecule is CN(C[C@H]1OCC[C@H]1c1ncn[nH]1)C(=O)c1[nH]ccc1C1CC1. The molecule has 7 heteroatoms. The first kappa shape index (κ1) is 14.4. The predicted molar refractivity (Wildman–Crippen MR) is 83.2 cm³/mol. The lowest BCUT2D eigenvalue weighted by molar-refractivity contribution is 0.0546. The number of carbonyl (C=O) groups is 1. The first-order chi connectivity index (χ1) is 11.2. The van der Waals surface area contributed by atoms with Crippen LogP contribution in [0.3, 0.4) is 0 Å². The van der Waals surface area contributed by atoms with Gasteiger partial charge in [-0.1, -0.05) is 0 Å². The number of carbonyl (C=O) groups excluding carboxylic acids is 1. The van der Waals surface area contributed by atoms with Gasteiger partial charge in [-0.15, -0.1) is 0 Å². The maximum absolute atomic E-state index is 12.7. The van der Waals surface area contributed by atoms with Crippen LogP contribution < -0.4 is 0 Å². The predicted octanol–water partition coefficient (Wildman–Crippen LogP) is 1.65. The molecule has 2 aliphatic rings. The number of aromatic nitrogens is 4. The molecule has 2 fully saturated rings. The zero-order valence-electron chi connectivity index (χ0n) is 13.2. The van der Waals surface area contributed by atoms with E-state index in [0.29, 0.717) is 19.1 Å². The second-order valence-corrected chi connectivity index (χ2v) is 6.44. The molecular formula is C16H21N5O2. The van der Waals surface area contributed by atoms with E-state index in [-0.39, 0.29) is 17.9 Å². The number of H-pyrrole nitrogens is 2. The quantitative estimate of drug-likeness (QED) is 0.878. The molecule has 2 N–H and O–H groups in total. The molecule has 1 aliphatic heterocycles. The van der Waals surface area contributed by atoms with Crippen molar-refractivity contribution in [3.63, 3.8) is 0 Å². The minimum atomic E-state index is -0.0452. The summed E-state index contributed by atoms with van der Waals surface area (Å²) in [7, 11) is 1.83. The fourth-order valence-corrected chi connectivity index (χ4v) is 3.38. The molecular weight excluding hydrogens is 294 g/mol. The van der Waals surface area contributed by atoms with Gasteiger partial charge < -0.3 is 14.6 Å². The first-order valence-corrected chi connectivity index (χ1v) is 8.13. The van der Waals surface area contributed by atoms with Crippen LogP contribution in [0.5, 0.6) is 0 Å². The number of rotatable bonds is 5. The van der Waals surface area contributed by atoms with Crippen molar-refractivity contribution in [2.75, 3.05) is 20.2 Å². The summed E-state index contributed by atoms with van der Waals surface area (Å²) in [6.45, 7) is 1.24. The summed E-state index contributed by atoms with van der Waals surface area (Å²) in [6.07, 6.45) is 6.59. The van der Waals surface area contributed by atoms with E-state index < -0.39 is 0 Å². The highest BCUT2D eigenvalue weighted by Gasteiger charge is 2.35. The number of hydrogen-bond acceptors (Lipinski definition) is 4. The van der Waals surface area contributed by atoms with Gasteiger partial charge in [0, 0.05) is 32.3 Å². The Labute approximate surface area is 134 Å². The van der Waals surface area contributed by atoms with Crippen molar-refractivity contribution >= 4 is 5.91 Å². The molecule has 1 aliphatic carbocycles. The van der Waals surface area contributed by atoms with Crippen LogP contribution in [0, 0.1) is 0 Å². The smallest absolute Gasteiger partial charge is 0.270 e. The molecule has 7 nitrogen and oxygen atoms in total. The van der Waals surface area contributed by atoms with Crippen LogP contribution in [0.1, 0.15) is 53.0 Å². The summed E-state index contributed by atoms with van der Waals surface area (Å²) in [6, 6.07) is 2.03. The highest BCUT2D eigenvalue weighted by molar-refractivity contribution is 5.94. The van der Waals surface area contributed by atoms with E-state index in [1.165, 1.54) is 19.2 Å². The van der Waals surface area contributed by atoms with Crippen LogP contribution >= 0.6 is 0 Å². The van der Waals surface area contributed by atoms with Crippen molar-refractivity contribution in [1.82, 2.24) is 25.1 Å². The van der Waals surface area contributed by atoms with E-state index in [4.69, 9.17) is 4.74 Å². The number of nitrogens with one attached hydrogen (secondary N) is 2. The zero-order chi connectivity index (χ0) is 15.8. The average molecular weight is 315 g/mol. The van der Waals surface area contributed by atoms with Gasteiger partial charge in [0.25, 0.3) is 5.91 Å². The summed E-state index contributed by atoms with van der Waals surface area (Å²) in [5.41, 5.74) is 1.88. The summed E-state index contributed by atoms with van der Waals surface area (Å²) in [5.74, 6) is 1.59. The first-order valence-electron chi connectivity index (χ1n) is 8.13. The summed E-state index contributed by atoms with van der Waals surface area (Å²) in [4.78, 5) is 21.8. The molecule has 0 aromatic carbocycles. The van der Waals surface area contributed by atoms with Crippen LogP contribution in [-0.4, -0.2) is 57.3 Å². The molecule has 1 amide bonds. The second-order valence-electron chi connectivity index (χ2n) is 6.44. The highest BCUT2D eigenvalue weighted by atomic mass is 16.5. The molecule has 3 heterocycles. The van der Waals surface area contributed by atoms with Crippen molar-refractivity contribution in [3.05, 3.63) is 35.7 Å². The third-order valence-electron chi connectivity index (χ3n) is 4.81. The number of amides is 1. The standard InChI is InChI=1S/C16H21N5O2/c1-21(16(22)14-11(4-6-17-14)10-2-3-10)8-13-12(5-7-23-13)15-18-9-19-20-15/h4,6,9-10,12-13,17H,2-3,5,7-8H2,1H3,(H,18,19,20)/t12-,13-/m1/s1. The fourth-order valence-electron chi connectivity index (χ4n) is 3.38. The minimum absolute atomic E-state index is 0.0312. The van der Waals surface area contributed by atoms with Gasteiger partial charge in [-0.2, -0.15) is 5.10 Å². The molecule has 1 saturated carbocycles. The monoisotopic (exact) mass is 315 g/mol. The van der Waals surface area contributed by atoms with Gasteiger partial charge in [-0.3, -0.25) is 9.89 Å². The lowest BCUT2D eigenvalue weighted by Crippen LogP contribution is -2.37. The molecule has 0 spiro atoms. The van der Waals surface area contributed by atoms with E-state index >= 15 is 0 Å². The average Bonchev–Trinajstić information content (AvgIpc) is 3.02. The Morgan fingerprint density at radius 3 is 3.04 bits per heavy atom. The molecule has 2 aromatic rings. The van der Waals surface area contributed by atoms with Gasteiger partial charge in [0.1, 0.15) is 17.8 Å². The molecule has 4 rings (SSSR count). The van der Waals surface area contributed by atoms with Crippen molar-refractivity contribution in [2.45, 2.75) is 37.2 Å². The van der Waals surface area contributed by atoms with Crippen LogP contribution in [0.4, 0.5) is 0 Å². The molecule has 2 atom stereocenters. The van der Waals surface area contributed by atoms with Gasteiger partial charge >= 0.3 is 0 Å². The van der Waals surface area contributed by atoms with Crippen LogP contribution in [0.2, 0.25) is 0 Å². The van der Waals surface area contributed by atoms with Crippen LogP contribution in [-0.2, 0) is 4.74 Å². The van der Waals surface area contributed by atoms with Gasteiger partial charge in [-0.05, 0) is 36.8 Å². The molecule has 2 aromatic heterocycles. The molecule has 23 heavy (non-hydrogen) atoms. The van der Waals surface area contributed by atoms with E-state index in [1.54, 1.807) is 4.90 Å². The highest BCUT2D eigenvalue weighted by Crippen LogP contribution is 2.41. The maximum atomic E-state index is 12.7. The van der Waals surface area contributed by atoms with E-state index in [9.17, 15) is 4.79 Å². The van der Waals surface area contributed by atoms with Crippen molar-refractivity contribution < 1.29 is 9.53 Å². The molecule has 0 radical (unpaired) electrons. The Hall–Kier alpha value is -2.15. The minimum Gasteiger partial charge on any atom is -0.376 e. The Balaban J connectivity index is 1.45. The summed E-state index contributed by atoms with van der Waals surface area (Å²) < 4.78 is 5.83. The van der Waals surface area contributed by atoms with Gasteiger partial charge in [0.2, 0.25) is 0 Å². The van der Waals surface area contributed by atoms with E-state index in [2.05, 4.69) is 20.2 Å². The lowest BCUT2D eigenvalue weighted by atomic mass is 10.0. The number of aromatic amines is 2. The number of ether oxygens (including phenoxy) is 1. The van der Waals surface area contributed by atoms with Crippen molar-refractivity contribution in [1.29, 1.82) is 0 Å². The topological polar surface area (TPSA) is 86.9 Å². The maximum Gasteiger partial charge on any atom is 0.270 e. The Bertz CT molecular complexity index is 676. The second kappa shape index (κ2) is 5.81. The van der Waals surface area contributed by atoms with E-state index in [0.717, 1.165) is 23.5 Å². The summed E-state index contributed by atoms with van der Waals surface area (Å²) >= 11 is 0. The molecule has 0 bridgehead atoms. The van der Waals surface area contributed by atoms with Crippen molar-refractivity contribution in [3.8, 4) is 0 Å². The lowest BCUT2D eigenvalue weighted by Gasteiger charge is -2.24. The van der Waals surface area contributed by atoms with Crippen LogP contribution in [0.15, 0.2) is 18.6 Å². The van der Waals surface area contributed by atoms with E-state index in [1.807, 2.05) is 19.3 Å². The zero-order valence-corrected chi connectivity index (χ0v) is 13.2. The molecule has 1 saturated heterocycles. The van der Waals surface area contributed by atoms with Gasteiger partial charge in [0.15, 0.2) is 0 Å².